The number of rotatable bonds is 4. The number of carbonyl (C=O) groups is 1. The second kappa shape index (κ2) is 7.16. The molecule has 9 heteroatoms. The minimum absolute atomic E-state index is 0.00358. The molecule has 1 N–H and O–H groups in total. The van der Waals surface area contributed by atoms with Gasteiger partial charge in [0.2, 0.25) is 0 Å². The van der Waals surface area contributed by atoms with Crippen LogP contribution in [0.2, 0.25) is 0 Å². The largest absolute Gasteiger partial charge is 0.337 e. The predicted octanol–water partition coefficient (Wildman–Crippen LogP) is 2.03. The van der Waals surface area contributed by atoms with Crippen LogP contribution in [-0.4, -0.2) is 59.0 Å². The van der Waals surface area contributed by atoms with Gasteiger partial charge in [-0.3, -0.25) is 9.78 Å². The van der Waals surface area contributed by atoms with Gasteiger partial charge in [-0.2, -0.15) is 0 Å². The minimum Gasteiger partial charge on any atom is -0.337 e. The number of hydrogen-bond acceptors (Lipinski definition) is 7. The number of sulfone groups is 1. The Hall–Kier alpha value is -3.07. The Bertz CT molecular complexity index is 1130. The van der Waals surface area contributed by atoms with E-state index in [4.69, 9.17) is 0 Å². The number of para-hydroxylation sites is 1. The molecule has 0 saturated carbocycles. The van der Waals surface area contributed by atoms with Gasteiger partial charge < -0.3 is 10.2 Å². The first kappa shape index (κ1) is 18.3. The Balaban J connectivity index is 1.50. The van der Waals surface area contributed by atoms with Crippen molar-refractivity contribution in [2.75, 3.05) is 23.9 Å². The van der Waals surface area contributed by atoms with Crippen LogP contribution in [0, 0.1) is 0 Å². The quantitative estimate of drug-likeness (QED) is 0.718. The van der Waals surface area contributed by atoms with Crippen LogP contribution >= 0.6 is 0 Å². The molecule has 28 heavy (non-hydrogen) atoms. The normalized spacial score (nSPS) is 18.1. The van der Waals surface area contributed by atoms with Gasteiger partial charge in [0.1, 0.15) is 0 Å². The summed E-state index contributed by atoms with van der Waals surface area (Å²) in [5.41, 5.74) is 1.78. The van der Waals surface area contributed by atoms with Crippen LogP contribution < -0.4 is 5.32 Å². The van der Waals surface area contributed by atoms with Crippen molar-refractivity contribution in [1.82, 2.24) is 20.1 Å². The summed E-state index contributed by atoms with van der Waals surface area (Å²) < 4.78 is 23.3. The molecule has 4 rings (SSSR count). The van der Waals surface area contributed by atoms with Crippen molar-refractivity contribution in [3.05, 3.63) is 54.4 Å². The third kappa shape index (κ3) is 3.65. The summed E-state index contributed by atoms with van der Waals surface area (Å²) in [6, 6.07) is 12.6. The number of hydrogen-bond donors (Lipinski definition) is 1. The van der Waals surface area contributed by atoms with Crippen molar-refractivity contribution >= 4 is 38.2 Å². The SMILES string of the molecule is CN(C(=O)c1ccc(Nc2cccc3cccnc23)nn1)C1CCS(=O)(=O)C1. The summed E-state index contributed by atoms with van der Waals surface area (Å²) in [5, 5.41) is 12.3. The van der Waals surface area contributed by atoms with Crippen molar-refractivity contribution < 1.29 is 13.2 Å². The Kier molecular flexibility index (Phi) is 4.68. The highest BCUT2D eigenvalue weighted by Gasteiger charge is 2.33. The first-order valence-corrected chi connectivity index (χ1v) is 10.7. The van der Waals surface area contributed by atoms with Crippen molar-refractivity contribution in [3.8, 4) is 0 Å². The lowest BCUT2D eigenvalue weighted by molar-refractivity contribution is 0.0740. The van der Waals surface area contributed by atoms with E-state index in [9.17, 15) is 13.2 Å². The molecular weight excluding hydrogens is 378 g/mol. The highest BCUT2D eigenvalue weighted by molar-refractivity contribution is 7.91. The maximum Gasteiger partial charge on any atom is 0.274 e. The number of nitrogens with one attached hydrogen (secondary N) is 1. The summed E-state index contributed by atoms with van der Waals surface area (Å²) in [6.45, 7) is 0. The lowest BCUT2D eigenvalue weighted by atomic mass is 10.2. The van der Waals surface area contributed by atoms with E-state index in [-0.39, 0.29) is 29.1 Å². The summed E-state index contributed by atoms with van der Waals surface area (Å²) in [4.78, 5) is 18.4. The Morgan fingerprint density at radius 3 is 2.68 bits per heavy atom. The maximum absolute atomic E-state index is 12.6. The fourth-order valence-electron chi connectivity index (χ4n) is 3.28. The second-order valence-electron chi connectivity index (χ2n) is 6.78. The molecule has 0 spiro atoms. The molecule has 1 atom stereocenters. The number of aromatic nitrogens is 3. The molecule has 0 bridgehead atoms. The standard InChI is InChI=1S/C19H19N5O3S/c1-24(14-9-11-28(26,27)12-14)19(25)16-7-8-17(23-22-16)21-15-6-2-4-13-5-3-10-20-18(13)15/h2-8,10,14H,9,11-12H2,1H3,(H,21,23). The van der Waals surface area contributed by atoms with E-state index in [2.05, 4.69) is 20.5 Å². The zero-order chi connectivity index (χ0) is 19.7. The third-order valence-corrected chi connectivity index (χ3v) is 6.61. The molecule has 2 aromatic heterocycles. The summed E-state index contributed by atoms with van der Waals surface area (Å²) >= 11 is 0. The molecule has 8 nitrogen and oxygen atoms in total. The number of benzene rings is 1. The zero-order valence-corrected chi connectivity index (χ0v) is 16.1. The first-order chi connectivity index (χ1) is 13.4. The van der Waals surface area contributed by atoms with Crippen molar-refractivity contribution in [3.63, 3.8) is 0 Å². The lowest BCUT2D eigenvalue weighted by Gasteiger charge is -2.22. The van der Waals surface area contributed by atoms with Gasteiger partial charge in [-0.25, -0.2) is 8.42 Å². The van der Waals surface area contributed by atoms with E-state index in [0.29, 0.717) is 12.2 Å². The van der Waals surface area contributed by atoms with Crippen LogP contribution in [0.15, 0.2) is 48.7 Å². The van der Waals surface area contributed by atoms with Gasteiger partial charge in [-0.1, -0.05) is 18.2 Å². The molecule has 1 unspecified atom stereocenters. The Morgan fingerprint density at radius 2 is 1.96 bits per heavy atom. The van der Waals surface area contributed by atoms with Gasteiger partial charge in [0.25, 0.3) is 5.91 Å². The van der Waals surface area contributed by atoms with Crippen LogP contribution in [0.4, 0.5) is 11.5 Å². The molecule has 1 fully saturated rings. The minimum atomic E-state index is -3.06. The molecule has 144 valence electrons. The number of anilines is 2. The second-order valence-corrected chi connectivity index (χ2v) is 9.01. The average molecular weight is 397 g/mol. The van der Waals surface area contributed by atoms with Crippen LogP contribution in [-0.2, 0) is 9.84 Å². The topological polar surface area (TPSA) is 105 Å². The van der Waals surface area contributed by atoms with E-state index in [0.717, 1.165) is 16.6 Å². The number of amides is 1. The predicted molar refractivity (Wildman–Crippen MR) is 106 cm³/mol. The van der Waals surface area contributed by atoms with Gasteiger partial charge in [-0.05, 0) is 30.7 Å². The van der Waals surface area contributed by atoms with E-state index in [1.165, 1.54) is 4.90 Å². The molecule has 1 aliphatic heterocycles. The smallest absolute Gasteiger partial charge is 0.274 e. The van der Waals surface area contributed by atoms with E-state index in [1.54, 1.807) is 25.4 Å². The fraction of sp³-hybridized carbons (Fsp3) is 0.263. The summed E-state index contributed by atoms with van der Waals surface area (Å²) in [5.74, 6) is 0.257. The van der Waals surface area contributed by atoms with Gasteiger partial charge in [-0.15, -0.1) is 10.2 Å². The van der Waals surface area contributed by atoms with E-state index in [1.807, 2.05) is 30.3 Å². The first-order valence-electron chi connectivity index (χ1n) is 8.85. The van der Waals surface area contributed by atoms with Crippen LogP contribution in [0.3, 0.4) is 0 Å². The molecule has 0 aliphatic carbocycles. The highest BCUT2D eigenvalue weighted by atomic mass is 32.2. The van der Waals surface area contributed by atoms with Crippen molar-refractivity contribution in [2.45, 2.75) is 12.5 Å². The Morgan fingerprint density at radius 1 is 1.14 bits per heavy atom. The molecular formula is C19H19N5O3S. The van der Waals surface area contributed by atoms with Crippen molar-refractivity contribution in [2.24, 2.45) is 0 Å². The van der Waals surface area contributed by atoms with E-state index >= 15 is 0 Å². The molecule has 1 aromatic carbocycles. The van der Waals surface area contributed by atoms with Gasteiger partial charge in [0.15, 0.2) is 21.3 Å². The van der Waals surface area contributed by atoms with Gasteiger partial charge in [0.05, 0.1) is 22.7 Å². The number of fused-ring (bicyclic) bond motifs is 1. The monoisotopic (exact) mass is 397 g/mol. The molecule has 0 radical (unpaired) electrons. The van der Waals surface area contributed by atoms with E-state index < -0.39 is 9.84 Å². The number of carbonyl (C=O) groups excluding carboxylic acids is 1. The molecule has 1 aliphatic rings. The third-order valence-electron chi connectivity index (χ3n) is 4.86. The van der Waals surface area contributed by atoms with Gasteiger partial charge in [0, 0.05) is 24.7 Å². The van der Waals surface area contributed by atoms with Crippen LogP contribution in [0.25, 0.3) is 10.9 Å². The number of nitrogens with zero attached hydrogens (tertiary/aromatic N) is 4. The lowest BCUT2D eigenvalue weighted by Crippen LogP contribution is -2.38. The Labute approximate surface area is 162 Å². The molecule has 3 heterocycles. The highest BCUT2D eigenvalue weighted by Crippen LogP contribution is 2.23. The zero-order valence-electron chi connectivity index (χ0n) is 15.2. The van der Waals surface area contributed by atoms with Crippen LogP contribution in [0.1, 0.15) is 16.9 Å². The summed E-state index contributed by atoms with van der Waals surface area (Å²) in [7, 11) is -1.46. The maximum atomic E-state index is 12.6. The number of pyridine rings is 1. The van der Waals surface area contributed by atoms with Crippen molar-refractivity contribution in [1.29, 1.82) is 0 Å². The molecule has 1 amide bonds. The van der Waals surface area contributed by atoms with Gasteiger partial charge >= 0.3 is 0 Å². The van der Waals surface area contributed by atoms with Crippen LogP contribution in [0.5, 0.6) is 0 Å². The molecule has 3 aromatic rings. The molecule has 1 saturated heterocycles. The fourth-order valence-corrected chi connectivity index (χ4v) is 5.06. The average Bonchev–Trinajstić information content (AvgIpc) is 3.07. The summed E-state index contributed by atoms with van der Waals surface area (Å²) in [6.07, 6.45) is 2.17.